The zero-order valence-electron chi connectivity index (χ0n) is 10.9. The van der Waals surface area contributed by atoms with Crippen LogP contribution in [0.4, 0.5) is 5.82 Å². The first-order chi connectivity index (χ1) is 9.08. The highest BCUT2D eigenvalue weighted by Gasteiger charge is 2.33. The van der Waals surface area contributed by atoms with E-state index in [1.165, 1.54) is 0 Å². The third-order valence-electron chi connectivity index (χ3n) is 3.49. The summed E-state index contributed by atoms with van der Waals surface area (Å²) in [6.45, 7) is 2.51. The zero-order valence-corrected chi connectivity index (χ0v) is 10.9. The van der Waals surface area contributed by atoms with E-state index in [9.17, 15) is 9.90 Å². The van der Waals surface area contributed by atoms with E-state index in [-0.39, 0.29) is 0 Å². The minimum atomic E-state index is -0.800. The maximum absolute atomic E-state index is 11.3. The summed E-state index contributed by atoms with van der Waals surface area (Å²) in [6.07, 6.45) is 3.21. The van der Waals surface area contributed by atoms with Crippen LogP contribution in [0.2, 0.25) is 0 Å². The van der Waals surface area contributed by atoms with Crippen LogP contribution in [-0.2, 0) is 11.8 Å². The first-order valence-corrected chi connectivity index (χ1v) is 6.23. The normalized spacial score (nSPS) is 19.3. The number of carbonyl (C=O) groups is 1. The molecular formula is C12H15N5O2. The third-order valence-corrected chi connectivity index (χ3v) is 3.49. The van der Waals surface area contributed by atoms with Crippen molar-refractivity contribution in [2.45, 2.75) is 25.8 Å². The molecule has 7 heteroatoms. The van der Waals surface area contributed by atoms with E-state index in [0.717, 1.165) is 17.5 Å². The van der Waals surface area contributed by atoms with Crippen molar-refractivity contribution >= 4 is 22.8 Å². The molecule has 1 atom stereocenters. The third kappa shape index (κ3) is 1.81. The molecular weight excluding hydrogens is 246 g/mol. The van der Waals surface area contributed by atoms with E-state index in [2.05, 4.69) is 15.1 Å². The minimum Gasteiger partial charge on any atom is -0.480 e. The van der Waals surface area contributed by atoms with Crippen molar-refractivity contribution in [2.24, 2.45) is 7.05 Å². The highest BCUT2D eigenvalue weighted by Crippen LogP contribution is 2.29. The Bertz CT molecular complexity index is 651. The lowest BCUT2D eigenvalue weighted by molar-refractivity contribution is -0.138. The van der Waals surface area contributed by atoms with Crippen LogP contribution in [0.3, 0.4) is 0 Å². The molecule has 0 spiro atoms. The van der Waals surface area contributed by atoms with Crippen molar-refractivity contribution in [3.05, 3.63) is 12.0 Å². The molecule has 3 rings (SSSR count). The largest absolute Gasteiger partial charge is 0.480 e. The molecule has 0 radical (unpaired) electrons. The molecule has 1 aliphatic rings. The maximum atomic E-state index is 11.3. The summed E-state index contributed by atoms with van der Waals surface area (Å²) >= 11 is 0. The number of rotatable bonds is 2. The molecule has 100 valence electrons. The second kappa shape index (κ2) is 4.18. The average molecular weight is 261 g/mol. The predicted octanol–water partition coefficient (Wildman–Crippen LogP) is 0.725. The number of nitrogens with zero attached hydrogens (tertiary/aromatic N) is 5. The number of aromatic nitrogens is 4. The van der Waals surface area contributed by atoms with E-state index < -0.39 is 12.0 Å². The Labute approximate surface area is 109 Å². The Morgan fingerprint density at radius 3 is 3.00 bits per heavy atom. The number of carboxylic acid groups (broad SMARTS) is 1. The van der Waals surface area contributed by atoms with Crippen molar-refractivity contribution in [2.75, 3.05) is 11.4 Å². The van der Waals surface area contributed by atoms with Crippen LogP contribution in [0.25, 0.3) is 11.0 Å². The maximum Gasteiger partial charge on any atom is 0.326 e. The summed E-state index contributed by atoms with van der Waals surface area (Å²) in [5.74, 6) is 0.508. The first kappa shape index (κ1) is 11.9. The fourth-order valence-corrected chi connectivity index (χ4v) is 2.61. The summed E-state index contributed by atoms with van der Waals surface area (Å²) < 4.78 is 1.68. The summed E-state index contributed by atoms with van der Waals surface area (Å²) in [5, 5.41) is 14.3. The van der Waals surface area contributed by atoms with Crippen molar-refractivity contribution in [1.29, 1.82) is 0 Å². The highest BCUT2D eigenvalue weighted by molar-refractivity contribution is 5.90. The SMILES string of the molecule is Cc1nc(N2CCC[C@H]2C(=O)O)c2cnn(C)c2n1. The smallest absolute Gasteiger partial charge is 0.326 e. The van der Waals surface area contributed by atoms with Gasteiger partial charge in [0, 0.05) is 13.6 Å². The molecule has 1 fully saturated rings. The summed E-state index contributed by atoms with van der Waals surface area (Å²) in [6, 6.07) is -0.502. The molecule has 2 aromatic rings. The van der Waals surface area contributed by atoms with E-state index in [4.69, 9.17) is 0 Å². The molecule has 1 N–H and O–H groups in total. The fourth-order valence-electron chi connectivity index (χ4n) is 2.61. The van der Waals surface area contributed by atoms with Gasteiger partial charge < -0.3 is 10.0 Å². The molecule has 2 aromatic heterocycles. The van der Waals surface area contributed by atoms with Gasteiger partial charge in [0.05, 0.1) is 11.6 Å². The fraction of sp³-hybridized carbons (Fsp3) is 0.500. The zero-order chi connectivity index (χ0) is 13.6. The van der Waals surface area contributed by atoms with Crippen molar-refractivity contribution in [1.82, 2.24) is 19.7 Å². The van der Waals surface area contributed by atoms with Gasteiger partial charge >= 0.3 is 5.97 Å². The van der Waals surface area contributed by atoms with E-state index >= 15 is 0 Å². The Hall–Kier alpha value is -2.18. The van der Waals surface area contributed by atoms with Gasteiger partial charge in [-0.3, -0.25) is 4.68 Å². The standard InChI is InChI=1S/C12H15N5O2/c1-7-14-10-8(6-13-16(10)2)11(15-7)17-5-3-4-9(17)12(18)19/h6,9H,3-5H2,1-2H3,(H,18,19)/t9-/m0/s1. The average Bonchev–Trinajstić information content (AvgIpc) is 2.96. The van der Waals surface area contributed by atoms with Crippen LogP contribution >= 0.6 is 0 Å². The minimum absolute atomic E-state index is 0.502. The molecule has 0 bridgehead atoms. The van der Waals surface area contributed by atoms with Crippen LogP contribution in [0, 0.1) is 6.92 Å². The van der Waals surface area contributed by atoms with E-state index in [1.54, 1.807) is 10.9 Å². The van der Waals surface area contributed by atoms with Crippen LogP contribution in [0.15, 0.2) is 6.20 Å². The molecule has 3 heterocycles. The number of aliphatic carboxylic acids is 1. The first-order valence-electron chi connectivity index (χ1n) is 6.23. The molecule has 0 unspecified atom stereocenters. The van der Waals surface area contributed by atoms with E-state index in [1.807, 2.05) is 18.9 Å². The Balaban J connectivity index is 2.16. The van der Waals surface area contributed by atoms with Crippen molar-refractivity contribution in [3.63, 3.8) is 0 Å². The molecule has 1 saturated heterocycles. The van der Waals surface area contributed by atoms with Gasteiger partial charge in [-0.1, -0.05) is 0 Å². The lowest BCUT2D eigenvalue weighted by Crippen LogP contribution is -2.36. The monoisotopic (exact) mass is 261 g/mol. The van der Waals surface area contributed by atoms with Crippen LogP contribution in [0.1, 0.15) is 18.7 Å². The van der Waals surface area contributed by atoms with Gasteiger partial charge in [0.25, 0.3) is 0 Å². The summed E-state index contributed by atoms with van der Waals surface area (Å²) in [4.78, 5) is 21.9. The second-order valence-corrected chi connectivity index (χ2v) is 4.79. The van der Waals surface area contributed by atoms with Gasteiger partial charge in [-0.25, -0.2) is 14.8 Å². The van der Waals surface area contributed by atoms with Crippen molar-refractivity contribution in [3.8, 4) is 0 Å². The molecule has 0 amide bonds. The van der Waals surface area contributed by atoms with Crippen LogP contribution < -0.4 is 4.90 Å². The van der Waals surface area contributed by atoms with E-state index in [0.29, 0.717) is 24.6 Å². The number of fused-ring (bicyclic) bond motifs is 1. The number of hydrogen-bond acceptors (Lipinski definition) is 5. The highest BCUT2D eigenvalue weighted by atomic mass is 16.4. The molecule has 1 aliphatic heterocycles. The van der Waals surface area contributed by atoms with Gasteiger partial charge in [0.1, 0.15) is 17.7 Å². The molecule has 19 heavy (non-hydrogen) atoms. The Kier molecular flexibility index (Phi) is 2.62. The summed E-state index contributed by atoms with van der Waals surface area (Å²) in [7, 11) is 1.82. The Morgan fingerprint density at radius 1 is 1.47 bits per heavy atom. The van der Waals surface area contributed by atoms with Crippen LogP contribution in [0.5, 0.6) is 0 Å². The van der Waals surface area contributed by atoms with Gasteiger partial charge in [0.15, 0.2) is 5.65 Å². The summed E-state index contributed by atoms with van der Waals surface area (Å²) in [5.41, 5.74) is 0.735. The predicted molar refractivity (Wildman–Crippen MR) is 69.0 cm³/mol. The lowest BCUT2D eigenvalue weighted by Gasteiger charge is -2.23. The number of carboxylic acids is 1. The second-order valence-electron chi connectivity index (χ2n) is 4.79. The molecule has 0 saturated carbocycles. The molecule has 0 aromatic carbocycles. The molecule has 0 aliphatic carbocycles. The van der Waals surface area contributed by atoms with Gasteiger partial charge in [-0.15, -0.1) is 0 Å². The molecule has 7 nitrogen and oxygen atoms in total. The number of anilines is 1. The number of aryl methyl sites for hydroxylation is 2. The van der Waals surface area contributed by atoms with Gasteiger partial charge in [-0.05, 0) is 19.8 Å². The Morgan fingerprint density at radius 2 is 2.26 bits per heavy atom. The van der Waals surface area contributed by atoms with Gasteiger partial charge in [0.2, 0.25) is 0 Å². The van der Waals surface area contributed by atoms with Crippen LogP contribution in [-0.4, -0.2) is 43.4 Å². The van der Waals surface area contributed by atoms with Gasteiger partial charge in [-0.2, -0.15) is 5.10 Å². The topological polar surface area (TPSA) is 84.1 Å². The number of hydrogen-bond donors (Lipinski definition) is 1. The quantitative estimate of drug-likeness (QED) is 0.857. The van der Waals surface area contributed by atoms with Crippen molar-refractivity contribution < 1.29 is 9.90 Å². The lowest BCUT2D eigenvalue weighted by atomic mass is 10.2.